The molecule has 2 aromatic rings. The number of aryl methyl sites for hydroxylation is 2. The molecule has 2 rings (SSSR count). The molecule has 0 fully saturated rings. The zero-order chi connectivity index (χ0) is 13.1. The predicted octanol–water partition coefficient (Wildman–Crippen LogP) is 2.46. The normalized spacial score (nSPS) is 12.4. The molecule has 0 aliphatic carbocycles. The van der Waals surface area contributed by atoms with Crippen LogP contribution < -0.4 is 16.0 Å². The van der Waals surface area contributed by atoms with Crippen LogP contribution in [0.4, 0.5) is 0 Å². The van der Waals surface area contributed by atoms with E-state index in [0.29, 0.717) is 0 Å². The lowest BCUT2D eigenvalue weighted by atomic mass is 9.97. The number of hydrogen-bond donors (Lipinski definition) is 2. The first-order valence-corrected chi connectivity index (χ1v) is 5.82. The van der Waals surface area contributed by atoms with Gasteiger partial charge in [0.05, 0.1) is 13.4 Å². The third-order valence-corrected chi connectivity index (χ3v) is 3.09. The van der Waals surface area contributed by atoms with Crippen molar-refractivity contribution in [2.45, 2.75) is 19.9 Å². The summed E-state index contributed by atoms with van der Waals surface area (Å²) in [6, 6.07) is 7.69. The number of methoxy groups -OCH3 is 1. The molecular formula is C14H18N2O2. The van der Waals surface area contributed by atoms with E-state index in [9.17, 15) is 0 Å². The summed E-state index contributed by atoms with van der Waals surface area (Å²) in [5.41, 5.74) is 6.06. The molecule has 0 amide bonds. The van der Waals surface area contributed by atoms with Crippen molar-refractivity contribution in [1.29, 1.82) is 0 Å². The molecule has 96 valence electrons. The number of hydrazine groups is 1. The Morgan fingerprint density at radius 1 is 1.28 bits per heavy atom. The minimum atomic E-state index is -0.149. The lowest BCUT2D eigenvalue weighted by molar-refractivity contribution is 0.410. The van der Waals surface area contributed by atoms with Crippen molar-refractivity contribution in [3.63, 3.8) is 0 Å². The second-order valence-electron chi connectivity index (χ2n) is 4.29. The summed E-state index contributed by atoms with van der Waals surface area (Å²) < 4.78 is 10.7. The Morgan fingerprint density at radius 2 is 2.06 bits per heavy atom. The van der Waals surface area contributed by atoms with Crippen molar-refractivity contribution in [2.75, 3.05) is 7.11 Å². The maximum absolute atomic E-state index is 5.64. The van der Waals surface area contributed by atoms with Gasteiger partial charge in [-0.3, -0.25) is 5.84 Å². The molecule has 18 heavy (non-hydrogen) atoms. The van der Waals surface area contributed by atoms with Crippen LogP contribution in [0, 0.1) is 13.8 Å². The molecule has 0 bridgehead atoms. The Labute approximate surface area is 107 Å². The molecule has 0 saturated heterocycles. The Morgan fingerprint density at radius 3 is 2.61 bits per heavy atom. The van der Waals surface area contributed by atoms with Crippen LogP contribution in [0.15, 0.2) is 34.9 Å². The van der Waals surface area contributed by atoms with Crippen molar-refractivity contribution in [1.82, 2.24) is 5.43 Å². The molecule has 0 radical (unpaired) electrons. The second-order valence-corrected chi connectivity index (χ2v) is 4.29. The highest BCUT2D eigenvalue weighted by Crippen LogP contribution is 2.29. The van der Waals surface area contributed by atoms with Crippen LogP contribution in [0.3, 0.4) is 0 Å². The molecule has 0 saturated carbocycles. The maximum atomic E-state index is 5.64. The molecule has 0 spiro atoms. The highest BCUT2D eigenvalue weighted by Gasteiger charge is 2.18. The minimum absolute atomic E-state index is 0.149. The second kappa shape index (κ2) is 5.25. The predicted molar refractivity (Wildman–Crippen MR) is 70.3 cm³/mol. The first-order valence-electron chi connectivity index (χ1n) is 5.82. The number of hydrogen-bond acceptors (Lipinski definition) is 4. The van der Waals surface area contributed by atoms with E-state index in [1.54, 1.807) is 13.4 Å². The van der Waals surface area contributed by atoms with Crippen LogP contribution in [0.5, 0.6) is 5.75 Å². The summed E-state index contributed by atoms with van der Waals surface area (Å²) in [6.07, 6.45) is 1.64. The fraction of sp³-hybridized carbons (Fsp3) is 0.286. The molecule has 1 atom stereocenters. The Hall–Kier alpha value is -1.78. The molecule has 1 aromatic carbocycles. The lowest BCUT2D eigenvalue weighted by Crippen LogP contribution is -2.29. The minimum Gasteiger partial charge on any atom is -0.496 e. The van der Waals surface area contributed by atoms with Gasteiger partial charge in [-0.2, -0.15) is 0 Å². The first-order chi connectivity index (χ1) is 8.67. The van der Waals surface area contributed by atoms with E-state index >= 15 is 0 Å². The monoisotopic (exact) mass is 246 g/mol. The average Bonchev–Trinajstić information content (AvgIpc) is 2.87. The highest BCUT2D eigenvalue weighted by atomic mass is 16.5. The van der Waals surface area contributed by atoms with Crippen LogP contribution in [-0.4, -0.2) is 7.11 Å². The number of ether oxygens (including phenoxy) is 1. The SMILES string of the molecule is COc1cc(C)c(C(NN)c2ccco2)cc1C. The summed E-state index contributed by atoms with van der Waals surface area (Å²) in [4.78, 5) is 0. The van der Waals surface area contributed by atoms with E-state index < -0.39 is 0 Å². The number of furan rings is 1. The Kier molecular flexibility index (Phi) is 3.69. The highest BCUT2D eigenvalue weighted by molar-refractivity contribution is 5.44. The summed E-state index contributed by atoms with van der Waals surface area (Å²) >= 11 is 0. The van der Waals surface area contributed by atoms with E-state index in [1.807, 2.05) is 32.0 Å². The first kappa shape index (κ1) is 12.7. The zero-order valence-corrected chi connectivity index (χ0v) is 10.9. The van der Waals surface area contributed by atoms with Crippen LogP contribution >= 0.6 is 0 Å². The van der Waals surface area contributed by atoms with Crippen LogP contribution in [0.2, 0.25) is 0 Å². The number of rotatable bonds is 4. The molecule has 4 nitrogen and oxygen atoms in total. The van der Waals surface area contributed by atoms with Gasteiger partial charge in [-0.05, 0) is 48.7 Å². The molecular weight excluding hydrogens is 228 g/mol. The zero-order valence-electron chi connectivity index (χ0n) is 10.9. The summed E-state index contributed by atoms with van der Waals surface area (Å²) in [7, 11) is 1.67. The van der Waals surface area contributed by atoms with E-state index in [0.717, 1.165) is 28.2 Å². The van der Waals surface area contributed by atoms with Gasteiger partial charge >= 0.3 is 0 Å². The van der Waals surface area contributed by atoms with Crippen molar-refractivity contribution >= 4 is 0 Å². The molecule has 1 unspecified atom stereocenters. The fourth-order valence-corrected chi connectivity index (χ4v) is 2.12. The number of nitrogens with two attached hydrogens (primary N) is 1. The van der Waals surface area contributed by atoms with Gasteiger partial charge in [-0.1, -0.05) is 6.07 Å². The van der Waals surface area contributed by atoms with Crippen molar-refractivity contribution < 1.29 is 9.15 Å². The third kappa shape index (κ3) is 2.25. The van der Waals surface area contributed by atoms with Crippen LogP contribution in [-0.2, 0) is 0 Å². The summed E-state index contributed by atoms with van der Waals surface area (Å²) in [5, 5.41) is 0. The van der Waals surface area contributed by atoms with Gasteiger partial charge in [0.2, 0.25) is 0 Å². The average molecular weight is 246 g/mol. The molecule has 0 aliphatic rings. The van der Waals surface area contributed by atoms with Gasteiger partial charge in [0.25, 0.3) is 0 Å². The Bertz CT molecular complexity index is 521. The standard InChI is InChI=1S/C14H18N2O2/c1-9-8-13(17-3)10(2)7-11(9)14(16-15)12-5-4-6-18-12/h4-8,14,16H,15H2,1-3H3. The topological polar surface area (TPSA) is 60.4 Å². The van der Waals surface area contributed by atoms with Gasteiger partial charge in [0.1, 0.15) is 17.6 Å². The van der Waals surface area contributed by atoms with E-state index in [-0.39, 0.29) is 6.04 Å². The van der Waals surface area contributed by atoms with Crippen LogP contribution in [0.25, 0.3) is 0 Å². The Balaban J connectivity index is 2.46. The van der Waals surface area contributed by atoms with Crippen molar-refractivity contribution in [2.24, 2.45) is 5.84 Å². The molecule has 3 N–H and O–H groups in total. The molecule has 1 heterocycles. The van der Waals surface area contributed by atoms with Crippen LogP contribution in [0.1, 0.15) is 28.5 Å². The number of benzene rings is 1. The van der Waals surface area contributed by atoms with Gasteiger partial charge in [-0.25, -0.2) is 5.43 Å². The van der Waals surface area contributed by atoms with Gasteiger partial charge in [0, 0.05) is 0 Å². The van der Waals surface area contributed by atoms with E-state index in [2.05, 4.69) is 11.5 Å². The smallest absolute Gasteiger partial charge is 0.126 e. The molecule has 4 heteroatoms. The van der Waals surface area contributed by atoms with Gasteiger partial charge in [-0.15, -0.1) is 0 Å². The van der Waals surface area contributed by atoms with E-state index in [4.69, 9.17) is 15.0 Å². The fourth-order valence-electron chi connectivity index (χ4n) is 2.12. The number of nitrogens with one attached hydrogen (secondary N) is 1. The summed E-state index contributed by atoms with van der Waals surface area (Å²) in [6.45, 7) is 4.04. The summed E-state index contributed by atoms with van der Waals surface area (Å²) in [5.74, 6) is 7.32. The maximum Gasteiger partial charge on any atom is 0.126 e. The largest absolute Gasteiger partial charge is 0.496 e. The van der Waals surface area contributed by atoms with Gasteiger partial charge in [0.15, 0.2) is 0 Å². The van der Waals surface area contributed by atoms with E-state index in [1.165, 1.54) is 0 Å². The molecule has 1 aromatic heterocycles. The third-order valence-electron chi connectivity index (χ3n) is 3.09. The lowest BCUT2D eigenvalue weighted by Gasteiger charge is -2.18. The van der Waals surface area contributed by atoms with Crippen molar-refractivity contribution in [3.05, 3.63) is 53.0 Å². The quantitative estimate of drug-likeness (QED) is 0.642. The molecule has 0 aliphatic heterocycles. The van der Waals surface area contributed by atoms with Crippen molar-refractivity contribution in [3.8, 4) is 5.75 Å². The van der Waals surface area contributed by atoms with Gasteiger partial charge < -0.3 is 9.15 Å².